The zero-order valence-corrected chi connectivity index (χ0v) is 18.7. The van der Waals surface area contributed by atoms with E-state index in [0.717, 1.165) is 0 Å². The van der Waals surface area contributed by atoms with Gasteiger partial charge in [0.2, 0.25) is 12.7 Å². The van der Waals surface area contributed by atoms with Crippen LogP contribution in [0.25, 0.3) is 0 Å². The predicted molar refractivity (Wildman–Crippen MR) is 120 cm³/mol. The molecule has 1 aliphatic rings. The monoisotopic (exact) mass is 453 g/mol. The Balaban J connectivity index is 1.37. The van der Waals surface area contributed by atoms with Crippen LogP contribution >= 0.6 is 11.8 Å². The van der Waals surface area contributed by atoms with Gasteiger partial charge in [0.15, 0.2) is 22.5 Å². The van der Waals surface area contributed by atoms with E-state index in [0.29, 0.717) is 33.7 Å². The van der Waals surface area contributed by atoms with E-state index in [2.05, 4.69) is 20.8 Å². The number of nitrogens with one attached hydrogen (secondary N) is 2. The average Bonchev–Trinajstić information content (AvgIpc) is 3.40. The maximum Gasteiger partial charge on any atom is 0.251 e. The molecule has 0 bridgehead atoms. The number of hydrogen-bond acceptors (Lipinski definition) is 7. The molecule has 0 saturated heterocycles. The summed E-state index contributed by atoms with van der Waals surface area (Å²) in [5.74, 6) is 1.49. The van der Waals surface area contributed by atoms with E-state index in [1.54, 1.807) is 41.8 Å². The number of aromatic nitrogens is 3. The number of carbonyl (C=O) groups is 2. The fourth-order valence-corrected chi connectivity index (χ4v) is 3.99. The summed E-state index contributed by atoms with van der Waals surface area (Å²) in [7, 11) is 1.81. The molecule has 166 valence electrons. The summed E-state index contributed by atoms with van der Waals surface area (Å²) in [6, 6.07) is 13.9. The Bertz CT molecular complexity index is 1130. The first-order valence-electron chi connectivity index (χ1n) is 10.0. The minimum atomic E-state index is -0.426. The van der Waals surface area contributed by atoms with Gasteiger partial charge in [-0.05, 0) is 38.1 Å². The largest absolute Gasteiger partial charge is 0.454 e. The lowest BCUT2D eigenvalue weighted by Crippen LogP contribution is -2.28. The Morgan fingerprint density at radius 2 is 1.81 bits per heavy atom. The Morgan fingerprint density at radius 3 is 2.59 bits per heavy atom. The second-order valence-electron chi connectivity index (χ2n) is 7.28. The average molecular weight is 454 g/mol. The Labute approximate surface area is 189 Å². The highest BCUT2D eigenvalue weighted by Gasteiger charge is 2.23. The summed E-state index contributed by atoms with van der Waals surface area (Å²) in [5.41, 5.74) is 1.20. The van der Waals surface area contributed by atoms with Crippen molar-refractivity contribution in [2.24, 2.45) is 7.05 Å². The van der Waals surface area contributed by atoms with Crippen LogP contribution in [0.4, 0.5) is 5.69 Å². The van der Waals surface area contributed by atoms with E-state index in [9.17, 15) is 9.59 Å². The van der Waals surface area contributed by atoms with Gasteiger partial charge in [-0.3, -0.25) is 9.59 Å². The Kier molecular flexibility index (Phi) is 6.31. The molecule has 32 heavy (non-hydrogen) atoms. The maximum atomic E-state index is 12.7. The van der Waals surface area contributed by atoms with Crippen molar-refractivity contribution in [1.29, 1.82) is 0 Å². The van der Waals surface area contributed by atoms with Crippen molar-refractivity contribution in [2.45, 2.75) is 30.3 Å². The summed E-state index contributed by atoms with van der Waals surface area (Å²) in [4.78, 5) is 25.1. The lowest BCUT2D eigenvalue weighted by Gasteiger charge is -2.15. The molecule has 0 aliphatic carbocycles. The number of thioether (sulfide) groups is 1. The van der Waals surface area contributed by atoms with Gasteiger partial charge in [-0.25, -0.2) is 0 Å². The molecule has 9 nitrogen and oxygen atoms in total. The molecule has 0 unspecified atom stereocenters. The minimum absolute atomic E-state index is 0.177. The summed E-state index contributed by atoms with van der Waals surface area (Å²) in [6.07, 6.45) is 0. The van der Waals surface area contributed by atoms with Crippen LogP contribution in [-0.2, 0) is 11.8 Å². The van der Waals surface area contributed by atoms with Crippen molar-refractivity contribution in [3.63, 3.8) is 0 Å². The van der Waals surface area contributed by atoms with Crippen molar-refractivity contribution >= 4 is 29.3 Å². The summed E-state index contributed by atoms with van der Waals surface area (Å²) >= 11 is 1.29. The van der Waals surface area contributed by atoms with Crippen LogP contribution in [0.5, 0.6) is 11.5 Å². The number of nitrogens with zero attached hydrogens (tertiary/aromatic N) is 3. The van der Waals surface area contributed by atoms with Crippen molar-refractivity contribution in [3.8, 4) is 11.5 Å². The molecule has 1 aromatic heterocycles. The normalized spacial score (nSPS) is 14.0. The summed E-state index contributed by atoms with van der Waals surface area (Å²) in [5, 5.41) is 14.4. The number of anilines is 1. The van der Waals surface area contributed by atoms with E-state index in [4.69, 9.17) is 9.47 Å². The molecule has 2 aromatic carbocycles. The van der Waals surface area contributed by atoms with E-state index in [1.165, 1.54) is 11.8 Å². The topological polar surface area (TPSA) is 107 Å². The number of amides is 2. The third kappa shape index (κ3) is 4.70. The van der Waals surface area contributed by atoms with Crippen LogP contribution in [0.1, 0.15) is 36.1 Å². The fourth-order valence-electron chi connectivity index (χ4n) is 3.17. The first kappa shape index (κ1) is 21.7. The number of ether oxygens (including phenoxy) is 2. The van der Waals surface area contributed by atoms with Gasteiger partial charge in [0.1, 0.15) is 0 Å². The van der Waals surface area contributed by atoms with Gasteiger partial charge in [0.05, 0.1) is 11.3 Å². The van der Waals surface area contributed by atoms with E-state index in [1.807, 2.05) is 32.2 Å². The maximum absolute atomic E-state index is 12.7. The number of carbonyl (C=O) groups excluding carboxylic acids is 2. The predicted octanol–water partition coefficient (Wildman–Crippen LogP) is 3.15. The van der Waals surface area contributed by atoms with E-state index in [-0.39, 0.29) is 24.6 Å². The molecule has 3 aromatic rings. The zero-order valence-electron chi connectivity index (χ0n) is 17.9. The van der Waals surface area contributed by atoms with Crippen molar-refractivity contribution in [2.75, 3.05) is 12.1 Å². The van der Waals surface area contributed by atoms with Crippen LogP contribution in [0.3, 0.4) is 0 Å². The number of hydrogen-bond donors (Lipinski definition) is 2. The van der Waals surface area contributed by atoms with Crippen molar-refractivity contribution in [3.05, 3.63) is 59.9 Å². The molecule has 4 rings (SSSR count). The molecule has 0 fully saturated rings. The third-order valence-corrected chi connectivity index (χ3v) is 6.06. The lowest BCUT2D eigenvalue weighted by molar-refractivity contribution is -0.115. The highest BCUT2D eigenvalue weighted by atomic mass is 32.2. The molecule has 2 N–H and O–H groups in total. The molecule has 2 atom stereocenters. The molecular formula is C22H23N5O4S. The molecule has 2 heterocycles. The van der Waals surface area contributed by atoms with Crippen LogP contribution in [0.15, 0.2) is 53.7 Å². The standard InChI is InChI=1S/C22H23N5O4S/c1-13(23-21(29)15-7-5-4-6-8-15)19-25-26-22(27(19)3)32-14(2)20(28)24-16-9-10-17-18(11-16)31-12-30-17/h4-11,13-14H,12H2,1-3H3,(H,23,29)(H,24,28)/t13-,14+/m0/s1. The zero-order chi connectivity index (χ0) is 22.7. The summed E-state index contributed by atoms with van der Waals surface area (Å²) in [6.45, 7) is 3.81. The molecule has 0 radical (unpaired) electrons. The highest BCUT2D eigenvalue weighted by Crippen LogP contribution is 2.34. The SMILES string of the molecule is C[C@H](NC(=O)c1ccccc1)c1nnc(S[C@H](C)C(=O)Nc2ccc3c(c2)OCO3)n1C. The second-order valence-corrected chi connectivity index (χ2v) is 8.59. The molecule has 0 saturated carbocycles. The Morgan fingerprint density at radius 1 is 1.06 bits per heavy atom. The van der Waals surface area contributed by atoms with Crippen LogP contribution in [0.2, 0.25) is 0 Å². The van der Waals surface area contributed by atoms with Gasteiger partial charge in [0, 0.05) is 24.4 Å². The fraction of sp³-hybridized carbons (Fsp3) is 0.273. The molecule has 2 amide bonds. The third-order valence-electron chi connectivity index (χ3n) is 4.93. The Hall–Kier alpha value is -3.53. The minimum Gasteiger partial charge on any atom is -0.454 e. The summed E-state index contributed by atoms with van der Waals surface area (Å²) < 4.78 is 12.4. The number of fused-ring (bicyclic) bond motifs is 1. The van der Waals surface area contributed by atoms with Crippen molar-refractivity contribution in [1.82, 2.24) is 20.1 Å². The van der Waals surface area contributed by atoms with Crippen LogP contribution in [0, 0.1) is 0 Å². The van der Waals surface area contributed by atoms with Gasteiger partial charge >= 0.3 is 0 Å². The second kappa shape index (κ2) is 9.31. The number of rotatable bonds is 7. The van der Waals surface area contributed by atoms with Gasteiger partial charge in [-0.1, -0.05) is 30.0 Å². The molecule has 1 aliphatic heterocycles. The first-order chi connectivity index (χ1) is 15.4. The van der Waals surface area contributed by atoms with E-state index < -0.39 is 5.25 Å². The smallest absolute Gasteiger partial charge is 0.251 e. The lowest BCUT2D eigenvalue weighted by atomic mass is 10.2. The van der Waals surface area contributed by atoms with E-state index >= 15 is 0 Å². The quantitative estimate of drug-likeness (QED) is 0.529. The molecular weight excluding hydrogens is 430 g/mol. The van der Waals surface area contributed by atoms with Crippen LogP contribution in [-0.4, -0.2) is 38.6 Å². The van der Waals surface area contributed by atoms with Gasteiger partial charge in [-0.2, -0.15) is 0 Å². The van der Waals surface area contributed by atoms with Crippen LogP contribution < -0.4 is 20.1 Å². The van der Waals surface area contributed by atoms with Gasteiger partial charge < -0.3 is 24.7 Å². The number of benzene rings is 2. The first-order valence-corrected chi connectivity index (χ1v) is 10.9. The molecule has 0 spiro atoms. The van der Waals surface area contributed by atoms with Gasteiger partial charge in [0.25, 0.3) is 5.91 Å². The van der Waals surface area contributed by atoms with Crippen molar-refractivity contribution < 1.29 is 19.1 Å². The van der Waals surface area contributed by atoms with Gasteiger partial charge in [-0.15, -0.1) is 10.2 Å². The highest BCUT2D eigenvalue weighted by molar-refractivity contribution is 8.00. The molecule has 10 heteroatoms.